The molecule has 2 heterocycles. The number of pyridine rings is 1. The maximum atomic E-state index is 13.0. The summed E-state index contributed by atoms with van der Waals surface area (Å²) in [6, 6.07) is 7.04. The van der Waals surface area contributed by atoms with Gasteiger partial charge in [0.25, 0.3) is 5.91 Å². The van der Waals surface area contributed by atoms with E-state index in [1.807, 2.05) is 42.6 Å². The molecule has 3 N–H and O–H groups in total. The number of methoxy groups -OCH3 is 1. The number of benzene rings is 1. The minimum atomic E-state index is -0.627. The Morgan fingerprint density at radius 3 is 2.57 bits per heavy atom. The number of rotatable bonds is 9. The van der Waals surface area contributed by atoms with Crippen molar-refractivity contribution in [2.24, 2.45) is 7.05 Å². The normalized spacial score (nSPS) is 10.9. The number of para-hydroxylation sites is 1. The number of carbonyl (C=O) groups is 2. The summed E-state index contributed by atoms with van der Waals surface area (Å²) >= 11 is 0. The second-order valence-corrected chi connectivity index (χ2v) is 8.83. The van der Waals surface area contributed by atoms with Crippen molar-refractivity contribution in [3.05, 3.63) is 42.4 Å². The maximum Gasteiger partial charge on any atom is 0.412 e. The van der Waals surface area contributed by atoms with Gasteiger partial charge in [-0.15, -0.1) is 0 Å². The van der Waals surface area contributed by atoms with E-state index in [1.165, 1.54) is 6.20 Å². The van der Waals surface area contributed by atoms with Gasteiger partial charge < -0.3 is 20.1 Å². The molecule has 180 valence electrons. The zero-order valence-electron chi connectivity index (χ0n) is 20.8. The van der Waals surface area contributed by atoms with Crippen LogP contribution in [0.1, 0.15) is 23.7 Å². The number of nitrogens with zero attached hydrogens (tertiary/aromatic N) is 4. The summed E-state index contributed by atoms with van der Waals surface area (Å²) in [5.41, 5.74) is 1.95. The van der Waals surface area contributed by atoms with Crippen LogP contribution < -0.4 is 20.7 Å². The van der Waals surface area contributed by atoms with Crippen molar-refractivity contribution in [2.75, 3.05) is 24.4 Å². The van der Waals surface area contributed by atoms with Crippen LogP contribution in [0, 0.1) is 0 Å². The molecule has 0 aliphatic heterocycles. The predicted molar refractivity (Wildman–Crippen MR) is 142 cm³/mol. The van der Waals surface area contributed by atoms with E-state index in [1.54, 1.807) is 37.3 Å². The first-order chi connectivity index (χ1) is 16.6. The Hall–Kier alpha value is -3.96. The molecule has 14 heteroatoms. The molecule has 35 heavy (non-hydrogen) atoms. The zero-order chi connectivity index (χ0) is 25.6. The second-order valence-electron chi connectivity index (χ2n) is 8.83. The number of hydrogen-bond donors (Lipinski definition) is 3. The van der Waals surface area contributed by atoms with Gasteiger partial charge in [0.1, 0.15) is 35.7 Å². The van der Waals surface area contributed by atoms with Gasteiger partial charge in [-0.25, -0.2) is 14.8 Å². The molecule has 0 radical (unpaired) electrons. The topological polar surface area (TPSA) is 132 Å². The Balaban J connectivity index is 2.01. The third kappa shape index (κ3) is 6.78. The number of hydrogen-bond acceptors (Lipinski definition) is 8. The third-order valence-corrected chi connectivity index (χ3v) is 4.63. The fourth-order valence-corrected chi connectivity index (χ4v) is 3.19. The number of aromatic nitrogens is 4. The first-order valence-electron chi connectivity index (χ1n) is 11.2. The molecule has 0 fully saturated rings. The molecular weight excluding hydrogens is 447 g/mol. The summed E-state index contributed by atoms with van der Waals surface area (Å²) in [5.74, 6) is 0.889. The van der Waals surface area contributed by atoms with Gasteiger partial charge in [-0.2, -0.15) is 5.10 Å². The fraction of sp³-hybridized carbons (Fsp3) is 0.286. The summed E-state index contributed by atoms with van der Waals surface area (Å²) in [4.78, 5) is 33.6. The van der Waals surface area contributed by atoms with E-state index in [0.717, 1.165) is 0 Å². The highest BCUT2D eigenvalue weighted by molar-refractivity contribution is 6.60. The third-order valence-electron chi connectivity index (χ3n) is 4.63. The van der Waals surface area contributed by atoms with Crippen LogP contribution in [0.2, 0.25) is 0 Å². The SMILES string of the molecule is BC(B)(B)NC(=O)c1cnc(NC(=O)OCCC)cc1Nc1cccc(-c2ncn(C)n2)c1OC. The largest absolute Gasteiger partial charge is 0.494 e. The lowest BCUT2D eigenvalue weighted by atomic mass is 9.49. The van der Waals surface area contributed by atoms with Crippen LogP contribution in [0.5, 0.6) is 5.75 Å². The Labute approximate surface area is 206 Å². The molecule has 11 nitrogen and oxygen atoms in total. The van der Waals surface area contributed by atoms with Gasteiger partial charge in [-0.1, -0.05) is 13.0 Å². The van der Waals surface area contributed by atoms with Crippen molar-refractivity contribution in [2.45, 2.75) is 18.6 Å². The van der Waals surface area contributed by atoms with E-state index in [4.69, 9.17) is 9.47 Å². The second kappa shape index (κ2) is 11.0. The van der Waals surface area contributed by atoms with Crippen molar-refractivity contribution in [3.63, 3.8) is 0 Å². The molecule has 0 aliphatic carbocycles. The molecule has 3 rings (SSSR count). The number of ether oxygens (including phenoxy) is 2. The van der Waals surface area contributed by atoms with Crippen LogP contribution in [-0.4, -0.2) is 74.2 Å². The van der Waals surface area contributed by atoms with Gasteiger partial charge in [0.2, 0.25) is 0 Å². The van der Waals surface area contributed by atoms with E-state index in [2.05, 4.69) is 31.0 Å². The van der Waals surface area contributed by atoms with Gasteiger partial charge in [0.05, 0.1) is 36.2 Å². The minimum absolute atomic E-state index is 0.224. The molecule has 3 aromatic rings. The van der Waals surface area contributed by atoms with Crippen LogP contribution in [0.15, 0.2) is 36.8 Å². The Bertz CT molecular complexity index is 1210. The molecule has 0 bridgehead atoms. The smallest absolute Gasteiger partial charge is 0.412 e. The van der Waals surface area contributed by atoms with E-state index < -0.39 is 11.3 Å². The summed E-state index contributed by atoms with van der Waals surface area (Å²) in [6.45, 7) is 2.19. The molecule has 0 spiro atoms. The van der Waals surface area contributed by atoms with Gasteiger partial charge in [0.15, 0.2) is 11.6 Å². The lowest BCUT2D eigenvalue weighted by molar-refractivity contribution is 0.0953. The van der Waals surface area contributed by atoms with Crippen molar-refractivity contribution in [1.82, 2.24) is 25.1 Å². The first kappa shape index (κ1) is 25.7. The van der Waals surface area contributed by atoms with Gasteiger partial charge in [-0.3, -0.25) is 14.8 Å². The number of anilines is 3. The van der Waals surface area contributed by atoms with Crippen LogP contribution in [-0.2, 0) is 11.8 Å². The highest BCUT2D eigenvalue weighted by atomic mass is 16.5. The Morgan fingerprint density at radius 2 is 1.94 bits per heavy atom. The highest BCUT2D eigenvalue weighted by Crippen LogP contribution is 2.37. The molecule has 0 saturated carbocycles. The fourth-order valence-electron chi connectivity index (χ4n) is 3.19. The van der Waals surface area contributed by atoms with E-state index in [0.29, 0.717) is 34.9 Å². The molecule has 0 unspecified atom stereocenters. The van der Waals surface area contributed by atoms with Crippen molar-refractivity contribution in [3.8, 4) is 17.1 Å². The molecule has 0 atom stereocenters. The highest BCUT2D eigenvalue weighted by Gasteiger charge is 2.21. The number of aryl methyl sites for hydroxylation is 1. The lowest BCUT2D eigenvalue weighted by Gasteiger charge is -2.22. The number of carbonyl (C=O) groups excluding carboxylic acids is 2. The van der Waals surface area contributed by atoms with Gasteiger partial charge >= 0.3 is 6.09 Å². The summed E-state index contributed by atoms with van der Waals surface area (Å²) in [7, 11) is 8.98. The van der Waals surface area contributed by atoms with E-state index in [-0.39, 0.29) is 23.9 Å². The average Bonchev–Trinajstić information content (AvgIpc) is 3.22. The standard InChI is InChI=1S/C21H28B3N7O4/c1-4-8-35-20(33)28-16-9-15(13(10-25-16)19(32)29-21(22,23)24)27-14-7-5-6-12(17(14)34-3)18-26-11-31(2)30-18/h5-7,9-11H,4,8,22-24H2,1-3H3,(H,29,32)(H2,25,27,28,33). The van der Waals surface area contributed by atoms with E-state index in [9.17, 15) is 9.59 Å². The molecule has 0 aliphatic rings. The van der Waals surface area contributed by atoms with Crippen LogP contribution in [0.25, 0.3) is 11.4 Å². The van der Waals surface area contributed by atoms with Crippen molar-refractivity contribution < 1.29 is 19.1 Å². The quantitative estimate of drug-likeness (QED) is 0.364. The predicted octanol–water partition coefficient (Wildman–Crippen LogP) is -0.172. The van der Waals surface area contributed by atoms with Crippen LogP contribution in [0.4, 0.5) is 22.0 Å². The number of amides is 2. The monoisotopic (exact) mass is 475 g/mol. The van der Waals surface area contributed by atoms with Crippen LogP contribution in [0.3, 0.4) is 0 Å². The zero-order valence-corrected chi connectivity index (χ0v) is 20.8. The first-order valence-corrected chi connectivity index (χ1v) is 11.2. The molecular formula is C21H28B3N7O4. The maximum absolute atomic E-state index is 13.0. The average molecular weight is 475 g/mol. The molecule has 2 aromatic heterocycles. The molecule has 0 saturated heterocycles. The van der Waals surface area contributed by atoms with E-state index >= 15 is 0 Å². The van der Waals surface area contributed by atoms with Gasteiger partial charge in [0, 0.05) is 19.3 Å². The van der Waals surface area contributed by atoms with Crippen molar-refractivity contribution in [1.29, 1.82) is 0 Å². The summed E-state index contributed by atoms with van der Waals surface area (Å²) < 4.78 is 12.3. The van der Waals surface area contributed by atoms with Crippen LogP contribution >= 0.6 is 0 Å². The lowest BCUT2D eigenvalue weighted by Crippen LogP contribution is -2.50. The Kier molecular flexibility index (Phi) is 8.05. The molecule has 2 amide bonds. The molecule has 1 aromatic carbocycles. The minimum Gasteiger partial charge on any atom is -0.494 e. The summed E-state index contributed by atoms with van der Waals surface area (Å²) in [5, 5.41) is 12.7. The number of nitrogens with one attached hydrogen (secondary N) is 3. The summed E-state index contributed by atoms with van der Waals surface area (Å²) in [6.07, 6.45) is 3.07. The van der Waals surface area contributed by atoms with Crippen molar-refractivity contribution >= 4 is 52.7 Å². The Morgan fingerprint density at radius 1 is 1.17 bits per heavy atom. The van der Waals surface area contributed by atoms with Gasteiger partial charge in [-0.05, 0) is 23.8 Å².